The van der Waals surface area contributed by atoms with E-state index in [1.165, 1.54) is 141 Å². The fourth-order valence-electron chi connectivity index (χ4n) is 9.02. The molecule has 0 aromatic heterocycles. The van der Waals surface area contributed by atoms with Crippen LogP contribution in [0.15, 0.2) is 121 Å². The predicted molar refractivity (Wildman–Crippen MR) is 333 cm³/mol. The van der Waals surface area contributed by atoms with Crippen LogP contribution in [0.1, 0.15) is 204 Å². The molecule has 0 bridgehead atoms. The number of unbranched alkanes of at least 4 members (excludes halogenated alkanes) is 20. The van der Waals surface area contributed by atoms with Gasteiger partial charge in [-0.1, -0.05) is 156 Å². The predicted octanol–water partition coefficient (Wildman–Crippen LogP) is 21.0. The van der Waals surface area contributed by atoms with E-state index in [1.54, 1.807) is 60.7 Å². The number of nitriles is 4. The minimum atomic E-state index is 0.251. The third-order valence-corrected chi connectivity index (χ3v) is 13.9. The van der Waals surface area contributed by atoms with E-state index in [0.717, 1.165) is 48.7 Å². The monoisotopic (exact) mass is 1140 g/mol. The molecule has 0 radical (unpaired) electrons. The number of benzene rings is 6. The van der Waals surface area contributed by atoms with Crippen molar-refractivity contribution in [1.29, 1.82) is 21.0 Å². The Labute approximate surface area is 501 Å². The van der Waals surface area contributed by atoms with Gasteiger partial charge < -0.3 is 37.9 Å². The van der Waals surface area contributed by atoms with Crippen LogP contribution in [-0.4, -0.2) is 26.4 Å². The van der Waals surface area contributed by atoms with E-state index in [0.29, 0.717) is 72.4 Å². The molecule has 0 spiro atoms. The summed E-state index contributed by atoms with van der Waals surface area (Å²) in [7, 11) is 0. The maximum Gasteiger partial charge on any atom is 0.148 e. The van der Waals surface area contributed by atoms with E-state index in [1.807, 2.05) is 48.5 Å². The zero-order valence-corrected chi connectivity index (χ0v) is 50.4. The Morgan fingerprint density at radius 2 is 0.417 bits per heavy atom. The lowest BCUT2D eigenvalue weighted by molar-refractivity contribution is 0.304. The highest BCUT2D eigenvalue weighted by atomic mass is 16.5. The van der Waals surface area contributed by atoms with Crippen molar-refractivity contribution in [3.63, 3.8) is 0 Å². The summed E-state index contributed by atoms with van der Waals surface area (Å²) in [6.07, 6.45) is 29.2. The average molecular weight is 1140 g/mol. The summed E-state index contributed by atoms with van der Waals surface area (Å²) < 4.78 is 47.6. The summed E-state index contributed by atoms with van der Waals surface area (Å²) in [5, 5.41) is 38.8. The molecule has 0 aliphatic carbocycles. The first-order valence-electron chi connectivity index (χ1n) is 30.9. The smallest absolute Gasteiger partial charge is 0.148 e. The summed E-state index contributed by atoms with van der Waals surface area (Å²) in [5.41, 5.74) is 1.00. The topological polar surface area (TPSA) is 169 Å². The van der Waals surface area contributed by atoms with Gasteiger partial charge in [0.2, 0.25) is 0 Å². The van der Waals surface area contributed by atoms with E-state index in [2.05, 4.69) is 52.0 Å². The highest BCUT2D eigenvalue weighted by molar-refractivity contribution is 5.59. The van der Waals surface area contributed by atoms with Gasteiger partial charge in [0, 0.05) is 12.1 Å². The van der Waals surface area contributed by atoms with Crippen molar-refractivity contribution in [3.8, 4) is 93.3 Å². The third kappa shape index (κ3) is 25.4. The Bertz CT molecular complexity index is 2560. The molecule has 84 heavy (non-hydrogen) atoms. The first kappa shape index (κ1) is 66.5. The molecule has 12 heteroatoms. The first-order valence-corrected chi connectivity index (χ1v) is 30.9. The van der Waals surface area contributed by atoms with E-state index in [4.69, 9.17) is 37.9 Å². The molecule has 0 aliphatic heterocycles. The number of hydrogen-bond acceptors (Lipinski definition) is 12. The molecule has 6 aromatic carbocycles. The van der Waals surface area contributed by atoms with Gasteiger partial charge in [0.15, 0.2) is 0 Å². The normalized spacial score (nSPS) is 10.5. The molecular weight excluding hydrogens is 1050 g/mol. The molecular formula is C72H88N4O8. The quantitative estimate of drug-likeness (QED) is 0.0334. The van der Waals surface area contributed by atoms with E-state index in [9.17, 15) is 21.0 Å². The number of ether oxygens (including phenoxy) is 8. The molecule has 0 fully saturated rings. The van der Waals surface area contributed by atoms with Crippen LogP contribution in [0.2, 0.25) is 0 Å². The molecule has 444 valence electrons. The molecule has 6 aromatic rings. The lowest BCUT2D eigenvalue weighted by Gasteiger charge is -2.13. The Morgan fingerprint density at radius 1 is 0.238 bits per heavy atom. The SMILES string of the molecule is CCCCCCCCOc1ccc(Oc2cc(Oc3ccc(OCCCCCCCC)cc3)c(C#N)cc2C#N)cc1.CCCCCCCCOc1ccc(Oc2cc(Oc3ccc(OCCCCCCCC)cc3)c(C#N)cc2C#N)cc1. The van der Waals surface area contributed by atoms with Crippen LogP contribution in [-0.2, 0) is 0 Å². The highest BCUT2D eigenvalue weighted by Crippen LogP contribution is 2.37. The maximum absolute atomic E-state index is 9.69. The summed E-state index contributed by atoms with van der Waals surface area (Å²) in [6, 6.07) is 43.9. The minimum absolute atomic E-state index is 0.251. The van der Waals surface area contributed by atoms with E-state index in [-0.39, 0.29) is 22.3 Å². The molecule has 0 atom stereocenters. The summed E-state index contributed by atoms with van der Waals surface area (Å²) >= 11 is 0. The second-order valence-corrected chi connectivity index (χ2v) is 20.9. The van der Waals surface area contributed by atoms with Crippen LogP contribution in [0, 0.1) is 45.3 Å². The molecule has 0 heterocycles. The number of rotatable bonds is 40. The van der Waals surface area contributed by atoms with Gasteiger partial charge in [0.25, 0.3) is 0 Å². The molecule has 12 nitrogen and oxygen atoms in total. The third-order valence-electron chi connectivity index (χ3n) is 13.9. The standard InChI is InChI=1S/2C36H44N2O4/c2*1-3-5-7-9-11-13-23-39-31-15-19-33(20-16-31)41-35-26-36(30(28-38)25-29(35)27-37)42-34-21-17-32(18-22-34)40-24-14-12-10-8-6-4-2/h2*15-22,25-26H,3-14,23-24H2,1-2H3. The van der Waals surface area contributed by atoms with Gasteiger partial charge in [0.1, 0.15) is 93.3 Å². The van der Waals surface area contributed by atoms with Gasteiger partial charge in [-0.3, -0.25) is 0 Å². The second-order valence-electron chi connectivity index (χ2n) is 20.9. The largest absolute Gasteiger partial charge is 0.494 e. The Balaban J connectivity index is 0.000000307. The molecule has 0 unspecified atom stereocenters. The molecule has 0 aliphatic rings. The Kier molecular flexibility index (Phi) is 32.3. The van der Waals surface area contributed by atoms with Gasteiger partial charge in [-0.15, -0.1) is 0 Å². The summed E-state index contributed by atoms with van der Waals surface area (Å²) in [4.78, 5) is 0. The molecule has 0 N–H and O–H groups in total. The minimum Gasteiger partial charge on any atom is -0.494 e. The number of hydrogen-bond donors (Lipinski definition) is 0. The lowest BCUT2D eigenvalue weighted by Crippen LogP contribution is -1.98. The van der Waals surface area contributed by atoms with Crippen LogP contribution in [0.25, 0.3) is 0 Å². The number of nitrogens with zero attached hydrogens (tertiary/aromatic N) is 4. The average Bonchev–Trinajstić information content (AvgIpc) is 3.53. The van der Waals surface area contributed by atoms with Crippen LogP contribution in [0.3, 0.4) is 0 Å². The van der Waals surface area contributed by atoms with Crippen LogP contribution in [0.4, 0.5) is 0 Å². The fraction of sp³-hybridized carbons (Fsp3) is 0.444. The maximum atomic E-state index is 9.69. The van der Waals surface area contributed by atoms with Gasteiger partial charge in [-0.25, -0.2) is 0 Å². The lowest BCUT2D eigenvalue weighted by atomic mass is 10.1. The summed E-state index contributed by atoms with van der Waals surface area (Å²) in [6.45, 7) is 11.6. The zero-order valence-electron chi connectivity index (χ0n) is 50.4. The van der Waals surface area contributed by atoms with Gasteiger partial charge in [-0.2, -0.15) is 21.0 Å². The van der Waals surface area contributed by atoms with Crippen molar-refractivity contribution in [2.45, 2.75) is 182 Å². The second kappa shape index (κ2) is 40.8. The van der Waals surface area contributed by atoms with Gasteiger partial charge in [-0.05, 0) is 135 Å². The molecule has 6 rings (SSSR count). The van der Waals surface area contributed by atoms with Crippen LogP contribution < -0.4 is 37.9 Å². The molecule has 0 saturated heterocycles. The van der Waals surface area contributed by atoms with Crippen molar-refractivity contribution >= 4 is 0 Å². The highest BCUT2D eigenvalue weighted by Gasteiger charge is 2.17. The molecule has 0 amide bonds. The fourth-order valence-corrected chi connectivity index (χ4v) is 9.02. The Morgan fingerprint density at radius 3 is 0.607 bits per heavy atom. The van der Waals surface area contributed by atoms with Gasteiger partial charge in [0.05, 0.1) is 48.7 Å². The van der Waals surface area contributed by atoms with E-state index < -0.39 is 0 Å². The van der Waals surface area contributed by atoms with Crippen molar-refractivity contribution in [2.24, 2.45) is 0 Å². The first-order chi connectivity index (χ1) is 41.3. The van der Waals surface area contributed by atoms with Crippen molar-refractivity contribution < 1.29 is 37.9 Å². The van der Waals surface area contributed by atoms with E-state index >= 15 is 0 Å². The van der Waals surface area contributed by atoms with Crippen LogP contribution >= 0.6 is 0 Å². The van der Waals surface area contributed by atoms with Crippen molar-refractivity contribution in [3.05, 3.63) is 144 Å². The molecule has 0 saturated carbocycles. The van der Waals surface area contributed by atoms with Gasteiger partial charge >= 0.3 is 0 Å². The van der Waals surface area contributed by atoms with Crippen LogP contribution in [0.5, 0.6) is 69.0 Å². The van der Waals surface area contributed by atoms with Crippen molar-refractivity contribution in [2.75, 3.05) is 26.4 Å². The Hall–Kier alpha value is -8.32. The van der Waals surface area contributed by atoms with Crippen molar-refractivity contribution in [1.82, 2.24) is 0 Å². The summed E-state index contributed by atoms with van der Waals surface area (Å²) in [5.74, 6) is 6.58. The zero-order chi connectivity index (χ0) is 59.7.